The predicted molar refractivity (Wildman–Crippen MR) is 144 cm³/mol. The highest BCUT2D eigenvalue weighted by molar-refractivity contribution is 7.90. The summed E-state index contributed by atoms with van der Waals surface area (Å²) in [5.41, 5.74) is 3.14. The van der Waals surface area contributed by atoms with Crippen LogP contribution in [0.4, 0.5) is 15.9 Å². The lowest BCUT2D eigenvalue weighted by atomic mass is 10.1. The summed E-state index contributed by atoms with van der Waals surface area (Å²) in [6.07, 6.45) is 6.04. The van der Waals surface area contributed by atoms with Crippen molar-refractivity contribution < 1.29 is 17.5 Å². The number of H-pyrrole nitrogens is 1. The highest BCUT2D eigenvalue weighted by Crippen LogP contribution is 2.33. The largest absolute Gasteiger partial charge is 0.476 e. The lowest BCUT2D eigenvalue weighted by Crippen LogP contribution is -2.26. The molecule has 0 fully saturated rings. The van der Waals surface area contributed by atoms with Gasteiger partial charge in [0.2, 0.25) is 5.88 Å². The molecular weight excluding hydrogens is 509 g/mol. The SMILES string of the molecule is CS(=O)(=O)CCNCCOc1cc2c(N(Cc3cccc(F)c3)c3ccc4[nH]ncc4c3)ncnc2cn1. The van der Waals surface area contributed by atoms with Crippen molar-refractivity contribution in [3.63, 3.8) is 0 Å². The van der Waals surface area contributed by atoms with Gasteiger partial charge in [0.15, 0.2) is 0 Å². The van der Waals surface area contributed by atoms with Crippen LogP contribution in [0.1, 0.15) is 5.56 Å². The van der Waals surface area contributed by atoms with Gasteiger partial charge in [0.05, 0.1) is 34.6 Å². The van der Waals surface area contributed by atoms with Crippen molar-refractivity contribution in [2.24, 2.45) is 0 Å². The van der Waals surface area contributed by atoms with Crippen LogP contribution in [0, 0.1) is 5.82 Å². The zero-order valence-corrected chi connectivity index (χ0v) is 21.4. The van der Waals surface area contributed by atoms with Gasteiger partial charge in [0.1, 0.15) is 34.4 Å². The van der Waals surface area contributed by atoms with Crippen molar-refractivity contribution >= 4 is 43.1 Å². The van der Waals surface area contributed by atoms with Crippen LogP contribution in [-0.2, 0) is 16.4 Å². The van der Waals surface area contributed by atoms with Crippen LogP contribution in [0.3, 0.4) is 0 Å². The number of nitrogens with one attached hydrogen (secondary N) is 2. The van der Waals surface area contributed by atoms with Crippen LogP contribution in [0.15, 0.2) is 67.3 Å². The van der Waals surface area contributed by atoms with Gasteiger partial charge < -0.3 is 15.0 Å². The molecule has 10 nitrogen and oxygen atoms in total. The minimum atomic E-state index is -3.02. The number of aromatic amines is 1. The molecular formula is C26H26FN7O3S. The molecule has 0 aliphatic rings. The molecule has 0 bridgehead atoms. The maximum atomic E-state index is 14.0. The van der Waals surface area contributed by atoms with Crippen LogP contribution < -0.4 is 15.0 Å². The van der Waals surface area contributed by atoms with E-state index in [0.29, 0.717) is 48.8 Å². The number of hydrogen-bond acceptors (Lipinski definition) is 9. The van der Waals surface area contributed by atoms with Gasteiger partial charge in [-0.2, -0.15) is 5.10 Å². The minimum Gasteiger partial charge on any atom is -0.476 e. The number of ether oxygens (including phenoxy) is 1. The van der Waals surface area contributed by atoms with E-state index in [2.05, 4.69) is 30.5 Å². The molecule has 3 aromatic heterocycles. The first kappa shape index (κ1) is 25.5. The second-order valence-corrected chi connectivity index (χ2v) is 11.1. The molecule has 0 aliphatic heterocycles. The van der Waals surface area contributed by atoms with E-state index in [9.17, 15) is 12.8 Å². The summed E-state index contributed by atoms with van der Waals surface area (Å²) in [5, 5.41) is 11.8. The summed E-state index contributed by atoms with van der Waals surface area (Å²) >= 11 is 0. The van der Waals surface area contributed by atoms with Crippen molar-refractivity contribution in [3.05, 3.63) is 78.6 Å². The Hall–Kier alpha value is -4.16. The summed E-state index contributed by atoms with van der Waals surface area (Å²) in [4.78, 5) is 15.3. The fraction of sp³-hybridized carbons (Fsp3) is 0.231. The van der Waals surface area contributed by atoms with E-state index in [1.54, 1.807) is 24.5 Å². The Morgan fingerprint density at radius 1 is 1.05 bits per heavy atom. The molecule has 12 heteroatoms. The quantitative estimate of drug-likeness (QED) is 0.245. The minimum absolute atomic E-state index is 0.0632. The average Bonchev–Trinajstić information content (AvgIpc) is 3.36. The summed E-state index contributed by atoms with van der Waals surface area (Å²) in [5.74, 6) is 0.744. The average molecular weight is 536 g/mol. The van der Waals surface area contributed by atoms with E-state index in [1.165, 1.54) is 24.7 Å². The lowest BCUT2D eigenvalue weighted by molar-refractivity contribution is 0.304. The zero-order chi connectivity index (χ0) is 26.5. The van der Waals surface area contributed by atoms with Gasteiger partial charge in [0.25, 0.3) is 0 Å². The smallest absolute Gasteiger partial charge is 0.214 e. The number of aromatic nitrogens is 5. The maximum Gasteiger partial charge on any atom is 0.214 e. The lowest BCUT2D eigenvalue weighted by Gasteiger charge is -2.25. The van der Waals surface area contributed by atoms with Gasteiger partial charge in [0, 0.05) is 43.0 Å². The summed E-state index contributed by atoms with van der Waals surface area (Å²) < 4.78 is 42.4. The molecule has 196 valence electrons. The number of fused-ring (bicyclic) bond motifs is 2. The van der Waals surface area contributed by atoms with Crippen LogP contribution >= 0.6 is 0 Å². The molecule has 0 atom stereocenters. The molecule has 2 N–H and O–H groups in total. The van der Waals surface area contributed by atoms with E-state index in [-0.39, 0.29) is 11.6 Å². The number of halogens is 1. The molecule has 0 saturated heterocycles. The van der Waals surface area contributed by atoms with Gasteiger partial charge in [-0.15, -0.1) is 0 Å². The number of sulfone groups is 1. The summed E-state index contributed by atoms with van der Waals surface area (Å²) in [7, 11) is -3.02. The van der Waals surface area contributed by atoms with E-state index < -0.39 is 9.84 Å². The fourth-order valence-corrected chi connectivity index (χ4v) is 4.55. The third kappa shape index (κ3) is 6.21. The highest BCUT2D eigenvalue weighted by Gasteiger charge is 2.18. The van der Waals surface area contributed by atoms with Gasteiger partial charge >= 0.3 is 0 Å². The van der Waals surface area contributed by atoms with Crippen LogP contribution in [0.25, 0.3) is 21.8 Å². The molecule has 0 saturated carbocycles. The normalized spacial score (nSPS) is 11.7. The number of nitrogens with zero attached hydrogens (tertiary/aromatic N) is 5. The number of benzene rings is 2. The van der Waals surface area contributed by atoms with E-state index in [0.717, 1.165) is 22.2 Å². The van der Waals surface area contributed by atoms with Crippen LogP contribution in [-0.4, -0.2) is 65.3 Å². The number of anilines is 2. The second-order valence-electron chi connectivity index (χ2n) is 8.82. The van der Waals surface area contributed by atoms with Crippen LogP contribution in [0.5, 0.6) is 5.88 Å². The Morgan fingerprint density at radius 3 is 2.79 bits per heavy atom. The standard InChI is InChI=1S/C26H26FN7O3S/c1-38(35,36)10-8-28-7-9-37-25-13-22-24(15-29-25)30-17-31-26(22)34(16-18-3-2-4-20(27)11-18)21-5-6-23-19(12-21)14-32-33-23/h2-6,11-15,17,28H,7-10,16H2,1H3,(H,32,33). The number of hydrogen-bond donors (Lipinski definition) is 2. The second kappa shape index (κ2) is 11.1. The summed E-state index contributed by atoms with van der Waals surface area (Å²) in [6, 6.07) is 14.1. The molecule has 38 heavy (non-hydrogen) atoms. The van der Waals surface area contributed by atoms with Gasteiger partial charge in [-0.05, 0) is 35.9 Å². The third-order valence-electron chi connectivity index (χ3n) is 5.87. The Balaban J connectivity index is 1.44. The first-order chi connectivity index (χ1) is 18.4. The molecule has 5 rings (SSSR count). The molecule has 0 amide bonds. The Kier molecular flexibility index (Phi) is 7.43. The first-order valence-electron chi connectivity index (χ1n) is 11.9. The molecule has 5 aromatic rings. The Bertz CT molecular complexity index is 1680. The third-order valence-corrected chi connectivity index (χ3v) is 6.82. The Morgan fingerprint density at radius 2 is 1.95 bits per heavy atom. The van der Waals surface area contributed by atoms with Crippen molar-refractivity contribution in [2.45, 2.75) is 6.54 Å². The molecule has 3 heterocycles. The molecule has 0 aliphatic carbocycles. The topological polar surface area (TPSA) is 126 Å². The monoisotopic (exact) mass is 535 g/mol. The molecule has 0 spiro atoms. The van der Waals surface area contributed by atoms with E-state index in [4.69, 9.17) is 4.74 Å². The predicted octanol–water partition coefficient (Wildman–Crippen LogP) is 3.39. The van der Waals surface area contributed by atoms with Gasteiger partial charge in [-0.1, -0.05) is 12.1 Å². The highest BCUT2D eigenvalue weighted by atomic mass is 32.2. The fourth-order valence-electron chi connectivity index (χ4n) is 4.03. The molecule has 0 unspecified atom stereocenters. The molecule has 2 aromatic carbocycles. The number of pyridine rings is 1. The first-order valence-corrected chi connectivity index (χ1v) is 14.0. The maximum absolute atomic E-state index is 14.0. The van der Waals surface area contributed by atoms with E-state index in [1.807, 2.05) is 29.2 Å². The van der Waals surface area contributed by atoms with Crippen molar-refractivity contribution in [3.8, 4) is 5.88 Å². The van der Waals surface area contributed by atoms with Gasteiger partial charge in [-0.3, -0.25) is 5.10 Å². The van der Waals surface area contributed by atoms with Crippen LogP contribution in [0.2, 0.25) is 0 Å². The summed E-state index contributed by atoms with van der Waals surface area (Å²) in [6.45, 7) is 1.47. The molecule has 0 radical (unpaired) electrons. The zero-order valence-electron chi connectivity index (χ0n) is 20.6. The van der Waals surface area contributed by atoms with Crippen molar-refractivity contribution in [1.29, 1.82) is 0 Å². The van der Waals surface area contributed by atoms with Crippen molar-refractivity contribution in [2.75, 3.05) is 36.6 Å². The van der Waals surface area contributed by atoms with E-state index >= 15 is 0 Å². The Labute approximate surface area is 218 Å². The van der Waals surface area contributed by atoms with Crippen molar-refractivity contribution in [1.82, 2.24) is 30.5 Å². The van der Waals surface area contributed by atoms with Gasteiger partial charge in [-0.25, -0.2) is 27.8 Å². The number of rotatable bonds is 11.